The fourth-order valence-corrected chi connectivity index (χ4v) is 4.45. The highest BCUT2D eigenvalue weighted by Crippen LogP contribution is 2.36. The molecule has 0 spiro atoms. The first-order chi connectivity index (χ1) is 9.97. The van der Waals surface area contributed by atoms with E-state index in [9.17, 15) is 8.42 Å². The van der Waals surface area contributed by atoms with Crippen molar-refractivity contribution in [3.63, 3.8) is 0 Å². The third kappa shape index (κ3) is 3.15. The summed E-state index contributed by atoms with van der Waals surface area (Å²) in [5.74, 6) is 0. The Morgan fingerprint density at radius 3 is 2.19 bits per heavy atom. The molecule has 4 nitrogen and oxygen atoms in total. The quantitative estimate of drug-likeness (QED) is 0.921. The molecule has 0 aliphatic carbocycles. The molecule has 2 aliphatic heterocycles. The molecule has 21 heavy (non-hydrogen) atoms. The Balaban J connectivity index is 1.70. The molecular weight excluding hydrogens is 284 g/mol. The number of fused-ring (bicyclic) bond motifs is 2. The van der Waals surface area contributed by atoms with Crippen LogP contribution in [-0.2, 0) is 16.4 Å². The highest BCUT2D eigenvalue weighted by molar-refractivity contribution is 7.90. The predicted molar refractivity (Wildman–Crippen MR) is 84.0 cm³/mol. The maximum Gasteiger partial charge on any atom is 0.175 e. The number of hydrogen-bond donors (Lipinski definition) is 1. The van der Waals surface area contributed by atoms with Gasteiger partial charge in [-0.15, -0.1) is 0 Å². The normalized spacial score (nSPS) is 29.7. The van der Waals surface area contributed by atoms with Gasteiger partial charge in [-0.2, -0.15) is 0 Å². The van der Waals surface area contributed by atoms with Gasteiger partial charge in [-0.25, -0.2) is 8.42 Å². The van der Waals surface area contributed by atoms with E-state index >= 15 is 0 Å². The van der Waals surface area contributed by atoms with E-state index in [0.717, 1.165) is 6.54 Å². The van der Waals surface area contributed by atoms with Gasteiger partial charge in [-0.3, -0.25) is 4.90 Å². The van der Waals surface area contributed by atoms with Crippen LogP contribution in [0.15, 0.2) is 29.2 Å². The van der Waals surface area contributed by atoms with Crippen LogP contribution in [0.5, 0.6) is 0 Å². The number of rotatable bonds is 4. The fourth-order valence-electron chi connectivity index (χ4n) is 3.82. The molecule has 0 radical (unpaired) electrons. The lowest BCUT2D eigenvalue weighted by Crippen LogP contribution is -2.47. The topological polar surface area (TPSA) is 49.4 Å². The van der Waals surface area contributed by atoms with Crippen LogP contribution in [-0.4, -0.2) is 44.7 Å². The van der Waals surface area contributed by atoms with E-state index in [0.29, 0.717) is 23.0 Å². The Labute approximate surface area is 127 Å². The van der Waals surface area contributed by atoms with Gasteiger partial charge in [0.2, 0.25) is 0 Å². The Morgan fingerprint density at radius 1 is 1.14 bits per heavy atom. The van der Waals surface area contributed by atoms with Crippen molar-refractivity contribution in [2.75, 3.05) is 13.3 Å². The summed E-state index contributed by atoms with van der Waals surface area (Å²) in [6.07, 6.45) is 6.31. The number of benzene rings is 1. The van der Waals surface area contributed by atoms with Crippen LogP contribution >= 0.6 is 0 Å². The van der Waals surface area contributed by atoms with Crippen molar-refractivity contribution in [3.8, 4) is 0 Å². The number of hydrogen-bond acceptors (Lipinski definition) is 4. The van der Waals surface area contributed by atoms with E-state index in [1.165, 1.54) is 37.5 Å². The van der Waals surface area contributed by atoms with Crippen LogP contribution in [0.4, 0.5) is 0 Å². The minimum atomic E-state index is -3.09. The van der Waals surface area contributed by atoms with Crippen LogP contribution in [0.1, 0.15) is 31.2 Å². The summed E-state index contributed by atoms with van der Waals surface area (Å²) in [6, 6.07) is 9.39. The molecule has 2 bridgehead atoms. The molecule has 2 aliphatic rings. The number of nitrogens with zero attached hydrogens (tertiary/aromatic N) is 1. The third-order valence-corrected chi connectivity index (χ3v) is 6.14. The van der Waals surface area contributed by atoms with Gasteiger partial charge in [0.15, 0.2) is 9.84 Å². The van der Waals surface area contributed by atoms with Gasteiger partial charge in [0.25, 0.3) is 0 Å². The second-order valence-corrected chi connectivity index (χ2v) is 8.45. The summed E-state index contributed by atoms with van der Waals surface area (Å²) in [5.41, 5.74) is 1.21. The lowest BCUT2D eigenvalue weighted by molar-refractivity contribution is 0.111. The summed E-state index contributed by atoms with van der Waals surface area (Å²) in [6.45, 7) is 0.940. The first-order valence-electron chi connectivity index (χ1n) is 7.69. The smallest absolute Gasteiger partial charge is 0.175 e. The molecule has 0 amide bonds. The molecule has 1 N–H and O–H groups in total. The molecule has 1 aromatic rings. The van der Waals surface area contributed by atoms with Crippen molar-refractivity contribution in [1.29, 1.82) is 0 Å². The Morgan fingerprint density at radius 2 is 1.71 bits per heavy atom. The summed E-state index contributed by atoms with van der Waals surface area (Å²) in [7, 11) is -1.04. The van der Waals surface area contributed by atoms with E-state index in [2.05, 4.69) is 17.3 Å². The van der Waals surface area contributed by atoms with Gasteiger partial charge in [-0.1, -0.05) is 12.1 Å². The summed E-state index contributed by atoms with van der Waals surface area (Å²) < 4.78 is 23.0. The van der Waals surface area contributed by atoms with Gasteiger partial charge in [0.1, 0.15) is 0 Å². The fraction of sp³-hybridized carbons (Fsp3) is 0.625. The second kappa shape index (κ2) is 5.71. The molecule has 3 rings (SSSR count). The summed E-state index contributed by atoms with van der Waals surface area (Å²) in [5, 5.41) is 3.42. The van der Waals surface area contributed by atoms with Crippen LogP contribution in [0.3, 0.4) is 0 Å². The molecular formula is C16H24N2O2S. The van der Waals surface area contributed by atoms with Gasteiger partial charge in [0, 0.05) is 30.9 Å². The van der Waals surface area contributed by atoms with Crippen molar-refractivity contribution in [2.45, 2.75) is 55.2 Å². The van der Waals surface area contributed by atoms with Gasteiger partial charge in [0.05, 0.1) is 4.90 Å². The lowest BCUT2D eigenvalue weighted by atomic mass is 9.97. The maximum absolute atomic E-state index is 11.5. The van der Waals surface area contributed by atoms with Crippen LogP contribution in [0.2, 0.25) is 0 Å². The highest BCUT2D eigenvalue weighted by atomic mass is 32.2. The Bertz CT molecular complexity index is 583. The van der Waals surface area contributed by atoms with Gasteiger partial charge < -0.3 is 5.32 Å². The standard InChI is InChI=1S/C16H24N2O2S/c1-17-13-9-14-5-6-15(10-13)18(14)11-12-3-7-16(8-4-12)21(2,19)20/h3-4,7-8,13-15,17H,5-6,9-11H2,1-2H3. The maximum atomic E-state index is 11.5. The van der Waals surface area contributed by atoms with E-state index in [1.807, 2.05) is 12.1 Å². The molecule has 2 atom stereocenters. The predicted octanol–water partition coefficient (Wildman–Crippen LogP) is 1.80. The molecule has 2 fully saturated rings. The zero-order chi connectivity index (χ0) is 15.0. The molecule has 2 unspecified atom stereocenters. The molecule has 0 saturated carbocycles. The van der Waals surface area contributed by atoms with Crippen molar-refractivity contribution in [3.05, 3.63) is 29.8 Å². The third-order valence-electron chi connectivity index (χ3n) is 5.01. The van der Waals surface area contributed by atoms with Crippen LogP contribution in [0, 0.1) is 0 Å². The van der Waals surface area contributed by atoms with Crippen molar-refractivity contribution in [1.82, 2.24) is 10.2 Å². The SMILES string of the molecule is CNC1CC2CCC(C1)N2Cc1ccc(S(C)(=O)=O)cc1. The summed E-state index contributed by atoms with van der Waals surface area (Å²) >= 11 is 0. The van der Waals surface area contributed by atoms with Gasteiger partial charge in [-0.05, 0) is 50.4 Å². The minimum Gasteiger partial charge on any atom is -0.317 e. The first kappa shape index (κ1) is 15.0. The van der Waals surface area contributed by atoms with Crippen molar-refractivity contribution < 1.29 is 8.42 Å². The zero-order valence-electron chi connectivity index (χ0n) is 12.7. The van der Waals surface area contributed by atoms with Crippen LogP contribution < -0.4 is 5.32 Å². The van der Waals surface area contributed by atoms with Crippen molar-refractivity contribution >= 4 is 9.84 Å². The van der Waals surface area contributed by atoms with E-state index < -0.39 is 9.84 Å². The van der Waals surface area contributed by atoms with E-state index in [4.69, 9.17) is 0 Å². The lowest BCUT2D eigenvalue weighted by Gasteiger charge is -2.39. The molecule has 2 heterocycles. The van der Waals surface area contributed by atoms with Gasteiger partial charge >= 0.3 is 0 Å². The minimum absolute atomic E-state index is 0.406. The summed E-state index contributed by atoms with van der Waals surface area (Å²) in [4.78, 5) is 3.02. The first-order valence-corrected chi connectivity index (χ1v) is 9.58. The van der Waals surface area contributed by atoms with E-state index in [-0.39, 0.29) is 0 Å². The molecule has 2 saturated heterocycles. The Hall–Kier alpha value is -0.910. The monoisotopic (exact) mass is 308 g/mol. The molecule has 5 heteroatoms. The highest BCUT2D eigenvalue weighted by Gasteiger charge is 2.39. The van der Waals surface area contributed by atoms with Crippen LogP contribution in [0.25, 0.3) is 0 Å². The average molecular weight is 308 g/mol. The molecule has 1 aromatic carbocycles. The van der Waals surface area contributed by atoms with E-state index in [1.54, 1.807) is 12.1 Å². The number of sulfone groups is 1. The number of nitrogens with one attached hydrogen (secondary N) is 1. The largest absolute Gasteiger partial charge is 0.317 e. The number of piperidine rings is 1. The second-order valence-electron chi connectivity index (χ2n) is 6.43. The zero-order valence-corrected chi connectivity index (χ0v) is 13.6. The molecule has 116 valence electrons. The average Bonchev–Trinajstić information content (AvgIpc) is 2.69. The Kier molecular flexibility index (Phi) is 4.08. The molecule has 0 aromatic heterocycles. The van der Waals surface area contributed by atoms with Crippen molar-refractivity contribution in [2.24, 2.45) is 0 Å².